The van der Waals surface area contributed by atoms with Gasteiger partial charge >= 0.3 is 0 Å². The fourth-order valence-corrected chi connectivity index (χ4v) is 2.32. The molecule has 4 nitrogen and oxygen atoms in total. The van der Waals surface area contributed by atoms with Crippen LogP contribution in [0.3, 0.4) is 0 Å². The van der Waals surface area contributed by atoms with Crippen LogP contribution in [0, 0.1) is 0 Å². The molecule has 0 atom stereocenters. The Kier molecular flexibility index (Phi) is 3.19. The Labute approximate surface area is 115 Å². The Morgan fingerprint density at radius 3 is 2.89 bits per heavy atom. The number of aliphatic hydroxyl groups is 1. The van der Waals surface area contributed by atoms with Crippen LogP contribution in [-0.4, -0.2) is 19.6 Å². The predicted molar refractivity (Wildman–Crippen MR) is 74.0 cm³/mol. The van der Waals surface area contributed by atoms with Gasteiger partial charge in [-0.2, -0.15) is 0 Å². The molecule has 3 aromatic rings. The van der Waals surface area contributed by atoms with Gasteiger partial charge in [0.25, 0.3) is 0 Å². The lowest BCUT2D eigenvalue weighted by Gasteiger charge is -2.07. The van der Waals surface area contributed by atoms with Gasteiger partial charge in [0.2, 0.25) is 0 Å². The minimum Gasteiger partial charge on any atom is -0.388 e. The molecule has 0 radical (unpaired) electrons. The highest BCUT2D eigenvalue weighted by Crippen LogP contribution is 2.17. The molecule has 0 unspecified atom stereocenters. The van der Waals surface area contributed by atoms with Crippen LogP contribution in [0.1, 0.15) is 11.4 Å². The zero-order valence-corrected chi connectivity index (χ0v) is 10.9. The highest BCUT2D eigenvalue weighted by atomic mass is 35.5. The average molecular weight is 274 g/mol. The predicted octanol–water partition coefficient (Wildman–Crippen LogP) is 2.63. The third-order valence-corrected chi connectivity index (χ3v) is 3.19. The van der Waals surface area contributed by atoms with Crippen LogP contribution in [0.15, 0.2) is 42.6 Å². The van der Waals surface area contributed by atoms with Crippen molar-refractivity contribution in [3.63, 3.8) is 0 Å². The third-order valence-electron chi connectivity index (χ3n) is 2.95. The Bertz CT molecular complexity index is 724. The van der Waals surface area contributed by atoms with E-state index in [2.05, 4.69) is 9.97 Å². The highest BCUT2D eigenvalue weighted by molar-refractivity contribution is 6.30. The molecule has 1 N–H and O–H groups in total. The van der Waals surface area contributed by atoms with E-state index in [9.17, 15) is 5.11 Å². The first-order valence-electron chi connectivity index (χ1n) is 5.93. The van der Waals surface area contributed by atoms with Gasteiger partial charge in [0.1, 0.15) is 17.9 Å². The van der Waals surface area contributed by atoms with E-state index in [0.717, 1.165) is 16.7 Å². The Hall–Kier alpha value is -1.91. The fraction of sp³-hybridized carbons (Fsp3) is 0.143. The lowest BCUT2D eigenvalue weighted by atomic mass is 10.2. The molecular weight excluding hydrogens is 262 g/mol. The van der Waals surface area contributed by atoms with Crippen LogP contribution in [-0.2, 0) is 13.2 Å². The Morgan fingerprint density at radius 2 is 2.11 bits per heavy atom. The highest BCUT2D eigenvalue weighted by Gasteiger charge is 2.11. The molecule has 0 saturated heterocycles. The van der Waals surface area contributed by atoms with Crippen molar-refractivity contribution >= 4 is 22.8 Å². The van der Waals surface area contributed by atoms with Gasteiger partial charge in [-0.05, 0) is 29.8 Å². The van der Waals surface area contributed by atoms with Crippen LogP contribution in [0.25, 0.3) is 11.2 Å². The molecule has 19 heavy (non-hydrogen) atoms. The molecule has 5 heteroatoms. The molecule has 3 rings (SSSR count). The van der Waals surface area contributed by atoms with Gasteiger partial charge in [-0.25, -0.2) is 9.97 Å². The summed E-state index contributed by atoms with van der Waals surface area (Å²) in [5.41, 5.74) is 2.60. The number of fused-ring (bicyclic) bond motifs is 1. The average Bonchev–Trinajstić information content (AvgIpc) is 2.77. The zero-order chi connectivity index (χ0) is 13.2. The molecule has 0 fully saturated rings. The molecule has 0 saturated carbocycles. The first-order chi connectivity index (χ1) is 9.28. The first kappa shape index (κ1) is 12.1. The van der Waals surface area contributed by atoms with Crippen molar-refractivity contribution in [2.75, 3.05) is 0 Å². The van der Waals surface area contributed by atoms with Crippen molar-refractivity contribution in [3.8, 4) is 0 Å². The van der Waals surface area contributed by atoms with Gasteiger partial charge in [0.05, 0.1) is 6.54 Å². The summed E-state index contributed by atoms with van der Waals surface area (Å²) in [6.07, 6.45) is 1.72. The molecule has 0 spiro atoms. The molecule has 96 valence electrons. The van der Waals surface area contributed by atoms with Crippen molar-refractivity contribution in [2.24, 2.45) is 0 Å². The Balaban J connectivity index is 2.08. The summed E-state index contributed by atoms with van der Waals surface area (Å²) in [6, 6.07) is 11.3. The van der Waals surface area contributed by atoms with Gasteiger partial charge in [-0.1, -0.05) is 23.7 Å². The van der Waals surface area contributed by atoms with E-state index in [0.29, 0.717) is 17.4 Å². The number of pyridine rings is 1. The van der Waals surface area contributed by atoms with Gasteiger partial charge in [-0.15, -0.1) is 0 Å². The second kappa shape index (κ2) is 4.99. The molecule has 2 aromatic heterocycles. The number of imidazole rings is 1. The summed E-state index contributed by atoms with van der Waals surface area (Å²) in [4.78, 5) is 8.69. The molecule has 2 heterocycles. The topological polar surface area (TPSA) is 50.9 Å². The van der Waals surface area contributed by atoms with Crippen LogP contribution in [0.5, 0.6) is 0 Å². The van der Waals surface area contributed by atoms with Crippen LogP contribution in [0.4, 0.5) is 0 Å². The van der Waals surface area contributed by atoms with Crippen LogP contribution in [0.2, 0.25) is 5.02 Å². The summed E-state index contributed by atoms with van der Waals surface area (Å²) in [5, 5.41) is 10.1. The van der Waals surface area contributed by atoms with E-state index in [-0.39, 0.29) is 6.61 Å². The van der Waals surface area contributed by atoms with Crippen LogP contribution >= 0.6 is 11.6 Å². The Morgan fingerprint density at radius 1 is 1.21 bits per heavy atom. The maximum atomic E-state index is 9.41. The number of aromatic nitrogens is 3. The molecular formula is C14H12ClN3O. The number of rotatable bonds is 3. The van der Waals surface area contributed by atoms with Gasteiger partial charge in [0.15, 0.2) is 5.65 Å². The van der Waals surface area contributed by atoms with Crippen LogP contribution < -0.4 is 0 Å². The SMILES string of the molecule is OCc1nc2cccnc2n1Cc1cccc(Cl)c1. The number of halogens is 1. The van der Waals surface area contributed by atoms with Gasteiger partial charge in [0, 0.05) is 11.2 Å². The lowest BCUT2D eigenvalue weighted by molar-refractivity contribution is 0.267. The summed E-state index contributed by atoms with van der Waals surface area (Å²) < 4.78 is 1.90. The number of aliphatic hydroxyl groups excluding tert-OH is 1. The van der Waals surface area contributed by atoms with Crippen molar-refractivity contribution in [1.82, 2.24) is 14.5 Å². The molecule has 0 amide bonds. The smallest absolute Gasteiger partial charge is 0.160 e. The first-order valence-corrected chi connectivity index (χ1v) is 6.31. The van der Waals surface area contributed by atoms with Gasteiger partial charge in [-0.3, -0.25) is 0 Å². The fourth-order valence-electron chi connectivity index (χ4n) is 2.11. The van der Waals surface area contributed by atoms with Crippen molar-refractivity contribution in [3.05, 3.63) is 59.0 Å². The minimum absolute atomic E-state index is 0.114. The normalized spacial score (nSPS) is 11.1. The quantitative estimate of drug-likeness (QED) is 0.798. The summed E-state index contributed by atoms with van der Waals surface area (Å²) in [6.45, 7) is 0.473. The van der Waals surface area contributed by atoms with Crippen molar-refractivity contribution in [1.29, 1.82) is 0 Å². The van der Waals surface area contributed by atoms with E-state index in [4.69, 9.17) is 11.6 Å². The second-order valence-electron chi connectivity index (χ2n) is 4.25. The van der Waals surface area contributed by atoms with Crippen molar-refractivity contribution in [2.45, 2.75) is 13.2 Å². The number of benzene rings is 1. The standard InChI is InChI=1S/C14H12ClN3O/c15-11-4-1-3-10(7-11)8-18-13(9-19)17-12-5-2-6-16-14(12)18/h1-7,19H,8-9H2. The van der Waals surface area contributed by atoms with E-state index < -0.39 is 0 Å². The van der Waals surface area contributed by atoms with E-state index >= 15 is 0 Å². The van der Waals surface area contributed by atoms with E-state index in [1.54, 1.807) is 6.20 Å². The second-order valence-corrected chi connectivity index (χ2v) is 4.68. The lowest BCUT2D eigenvalue weighted by Crippen LogP contribution is -2.05. The maximum Gasteiger partial charge on any atom is 0.160 e. The monoisotopic (exact) mass is 273 g/mol. The molecule has 0 aliphatic carbocycles. The summed E-state index contributed by atoms with van der Waals surface area (Å²) in [7, 11) is 0. The summed E-state index contributed by atoms with van der Waals surface area (Å²) >= 11 is 5.99. The molecule has 0 aliphatic heterocycles. The molecule has 0 bridgehead atoms. The number of nitrogens with zero attached hydrogens (tertiary/aromatic N) is 3. The zero-order valence-electron chi connectivity index (χ0n) is 10.1. The molecule has 1 aromatic carbocycles. The summed E-state index contributed by atoms with van der Waals surface area (Å²) in [5.74, 6) is 0.605. The van der Waals surface area contributed by atoms with Gasteiger partial charge < -0.3 is 9.67 Å². The van der Waals surface area contributed by atoms with E-state index in [1.807, 2.05) is 41.0 Å². The van der Waals surface area contributed by atoms with E-state index in [1.165, 1.54) is 0 Å². The largest absolute Gasteiger partial charge is 0.388 e. The maximum absolute atomic E-state index is 9.41. The minimum atomic E-state index is -0.114. The number of hydrogen-bond acceptors (Lipinski definition) is 3. The van der Waals surface area contributed by atoms with Crippen molar-refractivity contribution < 1.29 is 5.11 Å². The number of hydrogen-bond donors (Lipinski definition) is 1. The molecule has 0 aliphatic rings. The third kappa shape index (κ3) is 2.32.